The number of rotatable bonds is 10. The Hall–Kier alpha value is -4.30. The van der Waals surface area contributed by atoms with Gasteiger partial charge in [-0.3, -0.25) is 19.8 Å². The van der Waals surface area contributed by atoms with E-state index in [4.69, 9.17) is 30.8 Å². The molecule has 14 heteroatoms. The van der Waals surface area contributed by atoms with Crippen LogP contribution in [-0.2, 0) is 19.1 Å². The number of fused-ring (bicyclic) bond motifs is 6. The first-order valence-corrected chi connectivity index (χ1v) is 17.3. The van der Waals surface area contributed by atoms with Gasteiger partial charge in [0, 0.05) is 48.1 Å². The van der Waals surface area contributed by atoms with Gasteiger partial charge in [-0.05, 0) is 60.2 Å². The maximum Gasteiger partial charge on any atom is 0.325 e. The molecule has 4 saturated heterocycles. The second kappa shape index (κ2) is 12.8. The van der Waals surface area contributed by atoms with Crippen molar-refractivity contribution in [1.82, 2.24) is 20.2 Å². The molecule has 12 nitrogen and oxygen atoms in total. The normalized spacial score (nSPS) is 25.9. The van der Waals surface area contributed by atoms with Gasteiger partial charge in [-0.1, -0.05) is 42.8 Å². The third-order valence-corrected chi connectivity index (χ3v) is 11.0. The first-order valence-electron chi connectivity index (χ1n) is 16.9. The summed E-state index contributed by atoms with van der Waals surface area (Å²) in [6.45, 7) is 4.04. The minimum absolute atomic E-state index is 0.0444. The summed E-state index contributed by atoms with van der Waals surface area (Å²) < 4.78 is 34.6. The number of phenolic OH excluding ortho intramolecular Hbond substituents is 1. The molecule has 0 aliphatic carbocycles. The van der Waals surface area contributed by atoms with Crippen molar-refractivity contribution in [2.75, 3.05) is 37.8 Å². The molecule has 4 aromatic rings. The fourth-order valence-corrected chi connectivity index (χ4v) is 8.70. The van der Waals surface area contributed by atoms with Crippen LogP contribution in [0.3, 0.4) is 0 Å². The largest absolute Gasteiger partial charge is 0.508 e. The predicted octanol–water partition coefficient (Wildman–Crippen LogP) is 4.72. The van der Waals surface area contributed by atoms with Crippen molar-refractivity contribution in [2.24, 2.45) is 5.92 Å². The number of ether oxygens (including phenoxy) is 3. The number of nitrogens with zero attached hydrogens (tertiary/aromatic N) is 4. The van der Waals surface area contributed by atoms with E-state index in [9.17, 15) is 19.8 Å². The SMILES string of the molecule is CC(COc1nc(N2CC3CCC(C(=O)O)(C2)N3)c2cc(Cl)c(-c3cc(O)cc4ccccc34)c(F)c2n1)C(OC=O)N1C2CCC1COC2. The molecule has 3 N–H and O–H groups in total. The fraction of sp³-hybridized carbons (Fsp3) is 0.444. The van der Waals surface area contributed by atoms with Gasteiger partial charge in [-0.25, -0.2) is 4.39 Å². The molecule has 4 aliphatic heterocycles. The molecule has 0 amide bonds. The number of aromatic hydroxyl groups is 1. The average molecular weight is 706 g/mol. The zero-order chi connectivity index (χ0) is 34.7. The van der Waals surface area contributed by atoms with Gasteiger partial charge in [0.25, 0.3) is 6.47 Å². The number of hydrogen-bond acceptors (Lipinski definition) is 11. The second-order valence-electron chi connectivity index (χ2n) is 13.9. The maximum absolute atomic E-state index is 17.0. The first kappa shape index (κ1) is 32.9. The smallest absolute Gasteiger partial charge is 0.325 e. The highest BCUT2D eigenvalue weighted by molar-refractivity contribution is 6.35. The molecule has 50 heavy (non-hydrogen) atoms. The van der Waals surface area contributed by atoms with Gasteiger partial charge in [0.2, 0.25) is 0 Å². The number of carbonyl (C=O) groups is 2. The highest BCUT2D eigenvalue weighted by Crippen LogP contribution is 2.44. The monoisotopic (exact) mass is 705 g/mol. The van der Waals surface area contributed by atoms with E-state index >= 15 is 4.39 Å². The Balaban J connectivity index is 1.21. The number of carboxylic acid groups (broad SMARTS) is 1. The van der Waals surface area contributed by atoms with Gasteiger partial charge in [-0.2, -0.15) is 9.97 Å². The number of carboxylic acids is 1. The number of anilines is 1. The van der Waals surface area contributed by atoms with Gasteiger partial charge in [0.05, 0.1) is 24.8 Å². The first-order chi connectivity index (χ1) is 24.2. The molecule has 262 valence electrons. The zero-order valence-corrected chi connectivity index (χ0v) is 28.1. The zero-order valence-electron chi connectivity index (χ0n) is 27.3. The lowest BCUT2D eigenvalue weighted by molar-refractivity contribution is -0.167. The molecule has 8 rings (SSSR count). The number of benzene rings is 3. The molecule has 0 spiro atoms. The molecule has 5 heterocycles. The molecular weight excluding hydrogens is 669 g/mol. The van der Waals surface area contributed by atoms with Crippen LogP contribution in [0.25, 0.3) is 32.8 Å². The summed E-state index contributed by atoms with van der Waals surface area (Å²) in [7, 11) is 0. The quantitative estimate of drug-likeness (QED) is 0.196. The van der Waals surface area contributed by atoms with Crippen molar-refractivity contribution >= 4 is 51.5 Å². The lowest BCUT2D eigenvalue weighted by atomic mass is 9.95. The summed E-state index contributed by atoms with van der Waals surface area (Å²) in [5.74, 6) is -1.76. The third-order valence-electron chi connectivity index (χ3n) is 10.7. The number of nitrogens with one attached hydrogen (secondary N) is 1. The van der Waals surface area contributed by atoms with Gasteiger partial charge in [-0.15, -0.1) is 0 Å². The van der Waals surface area contributed by atoms with Crippen molar-refractivity contribution < 1.29 is 38.4 Å². The number of aromatic nitrogens is 2. The molecule has 3 aromatic carbocycles. The number of halogens is 2. The Morgan fingerprint density at radius 1 is 1.18 bits per heavy atom. The molecule has 6 unspecified atom stereocenters. The van der Waals surface area contributed by atoms with E-state index in [1.807, 2.05) is 36.1 Å². The van der Waals surface area contributed by atoms with E-state index in [1.165, 1.54) is 6.07 Å². The van der Waals surface area contributed by atoms with E-state index in [2.05, 4.69) is 15.2 Å². The standard InChI is InChI=1S/C36H37ClFN5O7/c1-19(33(50-18-44)43-22-6-7-23(43)16-48-15-22)14-49-35-39-31-27(32(40-35)42-13-21-8-9-36(17-42,41-21)34(46)47)12-28(37)29(30(31)38)26-11-24(45)10-20-4-2-3-5-25(20)26/h2-5,10-12,18-19,21-23,33,41,45H,6-9,13-17H2,1H3,(H,46,47). The summed E-state index contributed by atoms with van der Waals surface area (Å²) >= 11 is 6.87. The van der Waals surface area contributed by atoms with E-state index in [0.717, 1.165) is 12.8 Å². The Labute approximate surface area is 292 Å². The summed E-state index contributed by atoms with van der Waals surface area (Å²) in [4.78, 5) is 37.4. The second-order valence-corrected chi connectivity index (χ2v) is 14.3. The predicted molar refractivity (Wildman–Crippen MR) is 183 cm³/mol. The van der Waals surface area contributed by atoms with Crippen LogP contribution in [0.4, 0.5) is 10.2 Å². The van der Waals surface area contributed by atoms with Crippen LogP contribution in [0.2, 0.25) is 5.02 Å². The van der Waals surface area contributed by atoms with Crippen LogP contribution in [0.5, 0.6) is 11.8 Å². The highest BCUT2D eigenvalue weighted by Gasteiger charge is 2.51. The van der Waals surface area contributed by atoms with Crippen molar-refractivity contribution in [3.05, 3.63) is 53.3 Å². The molecule has 1 aromatic heterocycles. The van der Waals surface area contributed by atoms with Crippen molar-refractivity contribution in [3.8, 4) is 22.9 Å². The molecule has 6 atom stereocenters. The topological polar surface area (TPSA) is 147 Å². The summed E-state index contributed by atoms with van der Waals surface area (Å²) in [6, 6.07) is 12.0. The molecule has 4 fully saturated rings. The Bertz CT molecular complexity index is 1990. The fourth-order valence-electron chi connectivity index (χ4n) is 8.40. The number of carbonyl (C=O) groups excluding carboxylic acids is 1. The average Bonchev–Trinajstić information content (AvgIpc) is 3.54. The van der Waals surface area contributed by atoms with Gasteiger partial charge in [0.1, 0.15) is 22.6 Å². The van der Waals surface area contributed by atoms with Crippen molar-refractivity contribution in [1.29, 1.82) is 0 Å². The number of piperazine rings is 1. The molecular formula is C36H37ClFN5O7. The van der Waals surface area contributed by atoms with Gasteiger partial charge in [0.15, 0.2) is 12.0 Å². The van der Waals surface area contributed by atoms with E-state index in [0.29, 0.717) is 66.6 Å². The molecule has 4 aliphatic rings. The third kappa shape index (κ3) is 5.56. The van der Waals surface area contributed by atoms with Crippen LogP contribution < -0.4 is 15.0 Å². The molecule has 0 saturated carbocycles. The summed E-state index contributed by atoms with van der Waals surface area (Å²) in [6.07, 6.45) is 2.41. The number of aliphatic carboxylic acids is 1. The molecule has 4 bridgehead atoms. The Morgan fingerprint density at radius 2 is 1.96 bits per heavy atom. The lowest BCUT2D eigenvalue weighted by Crippen LogP contribution is -2.63. The van der Waals surface area contributed by atoms with E-state index < -0.39 is 23.6 Å². The van der Waals surface area contributed by atoms with Crippen LogP contribution in [0.1, 0.15) is 32.6 Å². The Kier molecular flexibility index (Phi) is 8.41. The number of phenols is 1. The van der Waals surface area contributed by atoms with Gasteiger partial charge < -0.3 is 29.3 Å². The van der Waals surface area contributed by atoms with Gasteiger partial charge >= 0.3 is 12.0 Å². The van der Waals surface area contributed by atoms with E-state index in [-0.39, 0.29) is 65.1 Å². The van der Waals surface area contributed by atoms with E-state index in [1.54, 1.807) is 12.1 Å². The number of hydrogen-bond donors (Lipinski definition) is 3. The summed E-state index contributed by atoms with van der Waals surface area (Å²) in [5, 5.41) is 25.8. The maximum atomic E-state index is 17.0. The highest BCUT2D eigenvalue weighted by atomic mass is 35.5. The number of morpholine rings is 1. The van der Waals surface area contributed by atoms with Crippen LogP contribution in [0.15, 0.2) is 42.5 Å². The van der Waals surface area contributed by atoms with Crippen molar-refractivity contribution in [3.63, 3.8) is 0 Å². The van der Waals surface area contributed by atoms with Crippen LogP contribution >= 0.6 is 11.6 Å². The Morgan fingerprint density at radius 3 is 2.72 bits per heavy atom. The van der Waals surface area contributed by atoms with Crippen LogP contribution in [0, 0.1) is 11.7 Å². The minimum atomic E-state index is -1.19. The van der Waals surface area contributed by atoms with Crippen LogP contribution in [-0.4, -0.2) is 100 Å². The van der Waals surface area contributed by atoms with Crippen molar-refractivity contribution in [2.45, 2.75) is 62.5 Å². The minimum Gasteiger partial charge on any atom is -0.508 e. The summed E-state index contributed by atoms with van der Waals surface area (Å²) in [5.41, 5.74) is -0.804. The lowest BCUT2D eigenvalue weighted by Gasteiger charge is -2.41. The molecule has 0 radical (unpaired) electrons.